The Hall–Kier alpha value is -4.89. The van der Waals surface area contributed by atoms with Crippen molar-refractivity contribution in [3.8, 4) is 11.5 Å². The van der Waals surface area contributed by atoms with Crippen molar-refractivity contribution in [2.24, 2.45) is 0 Å². The van der Waals surface area contributed by atoms with E-state index in [1.165, 1.54) is 24.3 Å². The van der Waals surface area contributed by atoms with E-state index in [-0.39, 0.29) is 10.7 Å². The molecule has 2 aliphatic heterocycles. The monoisotopic (exact) mass is 628 g/mol. The van der Waals surface area contributed by atoms with E-state index < -0.39 is 51.7 Å². The van der Waals surface area contributed by atoms with E-state index in [2.05, 4.69) is 10.2 Å². The zero-order valence-corrected chi connectivity index (χ0v) is 23.5. The van der Waals surface area contributed by atoms with Crippen LogP contribution in [0.4, 0.5) is 35.0 Å². The molecule has 11 nitrogen and oxygen atoms in total. The van der Waals surface area contributed by atoms with Crippen molar-refractivity contribution in [3.63, 3.8) is 0 Å². The molecule has 15 heteroatoms. The summed E-state index contributed by atoms with van der Waals surface area (Å²) in [6.07, 6.45) is -3.40. The Balaban J connectivity index is 1.23. The fraction of sp³-hybridized carbons (Fsp3) is 0.207. The molecule has 0 radical (unpaired) electrons. The van der Waals surface area contributed by atoms with Gasteiger partial charge in [0, 0.05) is 30.5 Å². The average Bonchev–Trinajstić information content (AvgIpc) is 3.24. The first-order valence-electron chi connectivity index (χ1n) is 13.1. The maximum Gasteiger partial charge on any atom is 0.416 e. The highest BCUT2D eigenvalue weighted by molar-refractivity contribution is 8.18. The molecule has 3 amide bonds. The SMILES string of the molecule is O=C(CN1C(=O)S/C(=C/c2cccc(Oc3ccc(C(F)(F)F)cc3[N+](=O)[O-])c2)C1=O)Nc1ccc(N2CCOCC2)cc1. The molecule has 3 aromatic carbocycles. The van der Waals surface area contributed by atoms with Crippen molar-refractivity contribution < 1.29 is 42.0 Å². The second-order valence-electron chi connectivity index (χ2n) is 9.57. The smallest absolute Gasteiger partial charge is 0.416 e. The number of thioether (sulfide) groups is 1. The predicted octanol–water partition coefficient (Wildman–Crippen LogP) is 5.92. The third kappa shape index (κ3) is 7.18. The lowest BCUT2D eigenvalue weighted by Crippen LogP contribution is -2.36. The maximum absolute atomic E-state index is 13.0. The highest BCUT2D eigenvalue weighted by atomic mass is 32.2. The standard InChI is InChI=1S/C29H23F3N4O7S/c30-29(31,32)19-4-9-24(23(16-19)36(40)41)43-22-3-1-2-18(14-22)15-25-27(38)35(28(39)44-25)17-26(37)33-20-5-7-21(8-6-20)34-10-12-42-13-11-34/h1-9,14-16H,10-13,17H2,(H,33,37)/b25-15+. The van der Waals surface area contributed by atoms with E-state index in [0.717, 1.165) is 29.7 Å². The number of nitrogens with zero attached hydrogens (tertiary/aromatic N) is 3. The number of nitrogens with one attached hydrogen (secondary N) is 1. The topological polar surface area (TPSA) is 131 Å². The second-order valence-corrected chi connectivity index (χ2v) is 10.6. The maximum atomic E-state index is 13.0. The number of ether oxygens (including phenoxy) is 2. The number of halogens is 3. The molecular formula is C29H23F3N4O7S. The van der Waals surface area contributed by atoms with Crippen LogP contribution in [0.3, 0.4) is 0 Å². The van der Waals surface area contributed by atoms with Crippen LogP contribution < -0.4 is 15.0 Å². The summed E-state index contributed by atoms with van der Waals surface area (Å²) >= 11 is 0.629. The minimum Gasteiger partial charge on any atom is -0.450 e. The summed E-state index contributed by atoms with van der Waals surface area (Å²) in [5.41, 5.74) is -0.226. The highest BCUT2D eigenvalue weighted by Crippen LogP contribution is 2.38. The third-order valence-corrected chi connectivity index (χ3v) is 7.48. The Morgan fingerprint density at radius 2 is 1.80 bits per heavy atom. The van der Waals surface area contributed by atoms with Gasteiger partial charge in [0.1, 0.15) is 12.3 Å². The normalized spacial score (nSPS) is 16.4. The molecule has 0 spiro atoms. The van der Waals surface area contributed by atoms with Crippen LogP contribution in [0.2, 0.25) is 0 Å². The number of carbonyl (C=O) groups excluding carboxylic acids is 3. The molecule has 228 valence electrons. The average molecular weight is 629 g/mol. The van der Waals surface area contributed by atoms with Gasteiger partial charge in [0.05, 0.1) is 28.6 Å². The summed E-state index contributed by atoms with van der Waals surface area (Å²) in [6.45, 7) is 2.29. The first-order valence-corrected chi connectivity index (χ1v) is 13.9. The zero-order chi connectivity index (χ0) is 31.4. The molecular weight excluding hydrogens is 605 g/mol. The quantitative estimate of drug-likeness (QED) is 0.184. The van der Waals surface area contributed by atoms with Crippen molar-refractivity contribution in [3.05, 3.63) is 92.9 Å². The van der Waals surface area contributed by atoms with Crippen molar-refractivity contribution in [1.29, 1.82) is 0 Å². The van der Waals surface area contributed by atoms with Gasteiger partial charge in [-0.1, -0.05) is 12.1 Å². The van der Waals surface area contributed by atoms with E-state index in [9.17, 15) is 37.7 Å². The van der Waals surface area contributed by atoms with Crippen LogP contribution in [-0.4, -0.2) is 59.7 Å². The molecule has 0 bridgehead atoms. The Bertz CT molecular complexity index is 1640. The zero-order valence-electron chi connectivity index (χ0n) is 22.7. The van der Waals surface area contributed by atoms with Crippen LogP contribution >= 0.6 is 11.8 Å². The van der Waals surface area contributed by atoms with Crippen molar-refractivity contribution in [2.45, 2.75) is 6.18 Å². The molecule has 2 saturated heterocycles. The van der Waals surface area contributed by atoms with Crippen LogP contribution in [0.15, 0.2) is 71.6 Å². The Labute approximate surface area is 252 Å². The lowest BCUT2D eigenvalue weighted by molar-refractivity contribution is -0.385. The fourth-order valence-corrected chi connectivity index (χ4v) is 5.26. The third-order valence-electron chi connectivity index (χ3n) is 6.57. The number of rotatable bonds is 8. The number of nitro benzene ring substituents is 1. The lowest BCUT2D eigenvalue weighted by atomic mass is 10.1. The summed E-state index contributed by atoms with van der Waals surface area (Å²) in [4.78, 5) is 51.5. The van der Waals surface area contributed by atoms with Crippen molar-refractivity contribution >= 4 is 52.0 Å². The number of nitro groups is 1. The molecule has 0 unspecified atom stereocenters. The molecule has 44 heavy (non-hydrogen) atoms. The summed E-state index contributed by atoms with van der Waals surface area (Å²) < 4.78 is 49.9. The van der Waals surface area contributed by atoms with Crippen LogP contribution in [0, 0.1) is 10.1 Å². The number of amides is 3. The van der Waals surface area contributed by atoms with Crippen LogP contribution in [0.25, 0.3) is 6.08 Å². The Morgan fingerprint density at radius 3 is 2.48 bits per heavy atom. The van der Waals surface area contributed by atoms with Gasteiger partial charge in [0.15, 0.2) is 0 Å². The van der Waals surface area contributed by atoms with Crippen LogP contribution in [0.5, 0.6) is 11.5 Å². The fourth-order valence-electron chi connectivity index (χ4n) is 4.43. The molecule has 2 aliphatic rings. The number of morpholine rings is 1. The largest absolute Gasteiger partial charge is 0.450 e. The van der Waals surface area contributed by atoms with Gasteiger partial charge in [-0.2, -0.15) is 13.2 Å². The number of anilines is 2. The van der Waals surface area contributed by atoms with Crippen LogP contribution in [-0.2, 0) is 20.5 Å². The molecule has 2 heterocycles. The molecule has 3 aromatic rings. The number of hydrogen-bond donors (Lipinski definition) is 1. The summed E-state index contributed by atoms with van der Waals surface area (Å²) in [7, 11) is 0. The van der Waals surface area contributed by atoms with Gasteiger partial charge in [0.2, 0.25) is 11.7 Å². The number of carbonyl (C=O) groups is 3. The lowest BCUT2D eigenvalue weighted by Gasteiger charge is -2.28. The molecule has 0 aromatic heterocycles. The minimum absolute atomic E-state index is 0.0234. The molecule has 0 aliphatic carbocycles. The predicted molar refractivity (Wildman–Crippen MR) is 155 cm³/mol. The highest BCUT2D eigenvalue weighted by Gasteiger charge is 2.36. The molecule has 5 rings (SSSR count). The molecule has 0 atom stereocenters. The second kappa shape index (κ2) is 12.8. The van der Waals surface area contributed by atoms with E-state index >= 15 is 0 Å². The number of imide groups is 1. The van der Waals surface area contributed by atoms with E-state index in [1.807, 2.05) is 12.1 Å². The van der Waals surface area contributed by atoms with Gasteiger partial charge < -0.3 is 19.7 Å². The van der Waals surface area contributed by atoms with Crippen molar-refractivity contribution in [2.75, 3.05) is 43.1 Å². The Morgan fingerprint density at radius 1 is 1.07 bits per heavy atom. The number of hydrogen-bond acceptors (Lipinski definition) is 9. The first kappa shape index (κ1) is 30.6. The van der Waals surface area contributed by atoms with Gasteiger partial charge in [-0.15, -0.1) is 0 Å². The first-order chi connectivity index (χ1) is 21.0. The van der Waals surface area contributed by atoms with Gasteiger partial charge in [-0.3, -0.25) is 29.4 Å². The van der Waals surface area contributed by atoms with E-state index in [1.54, 1.807) is 18.2 Å². The summed E-state index contributed by atoms with van der Waals surface area (Å²) in [6, 6.07) is 14.9. The molecule has 2 fully saturated rings. The van der Waals surface area contributed by atoms with Gasteiger partial charge in [-0.05, 0) is 71.9 Å². The Kier molecular flexibility index (Phi) is 8.87. The molecule has 0 saturated carbocycles. The van der Waals surface area contributed by atoms with Gasteiger partial charge >= 0.3 is 11.9 Å². The van der Waals surface area contributed by atoms with Gasteiger partial charge in [0.25, 0.3) is 11.1 Å². The minimum atomic E-state index is -4.78. The summed E-state index contributed by atoms with van der Waals surface area (Å²) in [5, 5.41) is 13.4. The van der Waals surface area contributed by atoms with Gasteiger partial charge in [-0.25, -0.2) is 0 Å². The van der Waals surface area contributed by atoms with Crippen molar-refractivity contribution in [1.82, 2.24) is 4.90 Å². The number of benzene rings is 3. The van der Waals surface area contributed by atoms with E-state index in [0.29, 0.717) is 48.4 Å². The van der Waals surface area contributed by atoms with Crippen LogP contribution in [0.1, 0.15) is 11.1 Å². The van der Waals surface area contributed by atoms with E-state index in [4.69, 9.17) is 9.47 Å². The summed E-state index contributed by atoms with van der Waals surface area (Å²) in [5.74, 6) is -1.63. The molecule has 1 N–H and O–H groups in total. The number of alkyl halides is 3.